The summed E-state index contributed by atoms with van der Waals surface area (Å²) in [6.07, 6.45) is 9.48. The van der Waals surface area contributed by atoms with Gasteiger partial charge in [-0.05, 0) is 64.3 Å². The van der Waals surface area contributed by atoms with Crippen LogP contribution in [0.1, 0.15) is 51.9 Å². The van der Waals surface area contributed by atoms with Gasteiger partial charge in [0.15, 0.2) is 0 Å². The number of nitrogens with one attached hydrogen (secondary N) is 2. The number of piperidine rings is 1. The Morgan fingerprint density at radius 1 is 1.28 bits per heavy atom. The van der Waals surface area contributed by atoms with Gasteiger partial charge in [-0.3, -0.25) is 0 Å². The molecule has 3 fully saturated rings. The van der Waals surface area contributed by atoms with Gasteiger partial charge in [-0.2, -0.15) is 0 Å². The monoisotopic (exact) mass is 252 g/mol. The molecule has 3 rings (SSSR count). The van der Waals surface area contributed by atoms with Crippen molar-refractivity contribution in [3.63, 3.8) is 0 Å². The van der Waals surface area contributed by atoms with Crippen LogP contribution in [0.2, 0.25) is 0 Å². The highest BCUT2D eigenvalue weighted by molar-refractivity contribution is 4.92. The van der Waals surface area contributed by atoms with E-state index in [4.69, 9.17) is 4.74 Å². The lowest BCUT2D eigenvalue weighted by molar-refractivity contribution is 0.0278. The second-order valence-electron chi connectivity index (χ2n) is 6.91. The highest BCUT2D eigenvalue weighted by Crippen LogP contribution is 2.32. The van der Waals surface area contributed by atoms with Gasteiger partial charge in [0.25, 0.3) is 0 Å². The summed E-state index contributed by atoms with van der Waals surface area (Å²) >= 11 is 0. The van der Waals surface area contributed by atoms with Crippen molar-refractivity contribution in [2.75, 3.05) is 19.8 Å². The predicted octanol–water partition coefficient (Wildman–Crippen LogP) is 2.07. The molecule has 0 spiro atoms. The fourth-order valence-corrected chi connectivity index (χ4v) is 4.06. The molecule has 3 atom stereocenters. The Hall–Kier alpha value is -0.120. The lowest BCUT2D eigenvalue weighted by atomic mass is 9.89. The Labute approximate surface area is 111 Å². The quantitative estimate of drug-likeness (QED) is 0.803. The standard InChI is InChI=1S/C15H28N2O/c1-15(6-2-8-18-11-15)16-7-5-12-9-13-3-4-14(10-12)17-13/h12-14,16-17H,2-11H2,1H3. The molecule has 3 saturated heterocycles. The number of fused-ring (bicyclic) bond motifs is 2. The maximum Gasteiger partial charge on any atom is 0.0645 e. The average Bonchev–Trinajstić information content (AvgIpc) is 2.69. The number of hydrogen-bond acceptors (Lipinski definition) is 3. The molecule has 3 aliphatic rings. The first-order valence-corrected chi connectivity index (χ1v) is 7.82. The van der Waals surface area contributed by atoms with Crippen molar-refractivity contribution in [3.8, 4) is 0 Å². The summed E-state index contributed by atoms with van der Waals surface area (Å²) in [6.45, 7) is 5.33. The van der Waals surface area contributed by atoms with E-state index in [1.165, 1.54) is 51.5 Å². The van der Waals surface area contributed by atoms with E-state index in [1.807, 2.05) is 0 Å². The molecule has 3 aliphatic heterocycles. The van der Waals surface area contributed by atoms with Gasteiger partial charge >= 0.3 is 0 Å². The molecule has 0 saturated carbocycles. The SMILES string of the molecule is CC1(NCCC2CC3CCC(C2)N3)CCCOC1. The second-order valence-corrected chi connectivity index (χ2v) is 6.91. The highest BCUT2D eigenvalue weighted by Gasteiger charge is 2.33. The van der Waals surface area contributed by atoms with Crippen molar-refractivity contribution >= 4 is 0 Å². The van der Waals surface area contributed by atoms with E-state index in [0.717, 1.165) is 31.2 Å². The van der Waals surface area contributed by atoms with Gasteiger partial charge in [0, 0.05) is 24.2 Å². The van der Waals surface area contributed by atoms with Gasteiger partial charge in [0.05, 0.1) is 6.61 Å². The zero-order chi connectivity index (χ0) is 12.4. The van der Waals surface area contributed by atoms with Crippen LogP contribution in [0.15, 0.2) is 0 Å². The average molecular weight is 252 g/mol. The van der Waals surface area contributed by atoms with E-state index in [1.54, 1.807) is 0 Å². The van der Waals surface area contributed by atoms with Crippen LogP contribution >= 0.6 is 0 Å². The molecule has 18 heavy (non-hydrogen) atoms. The zero-order valence-electron chi connectivity index (χ0n) is 11.7. The van der Waals surface area contributed by atoms with Gasteiger partial charge in [0.1, 0.15) is 0 Å². The van der Waals surface area contributed by atoms with E-state index in [0.29, 0.717) is 0 Å². The van der Waals surface area contributed by atoms with Crippen molar-refractivity contribution in [3.05, 3.63) is 0 Å². The van der Waals surface area contributed by atoms with Gasteiger partial charge in [0.2, 0.25) is 0 Å². The smallest absolute Gasteiger partial charge is 0.0645 e. The van der Waals surface area contributed by atoms with Crippen molar-refractivity contribution in [2.24, 2.45) is 5.92 Å². The van der Waals surface area contributed by atoms with Crippen LogP contribution in [0, 0.1) is 5.92 Å². The van der Waals surface area contributed by atoms with Gasteiger partial charge in [-0.15, -0.1) is 0 Å². The molecule has 104 valence electrons. The Balaban J connectivity index is 1.39. The molecule has 0 aromatic rings. The summed E-state index contributed by atoms with van der Waals surface area (Å²) in [5.41, 5.74) is 0.240. The van der Waals surface area contributed by atoms with Crippen LogP contribution in [-0.2, 0) is 4.74 Å². The van der Waals surface area contributed by atoms with E-state index in [2.05, 4.69) is 17.6 Å². The first-order valence-electron chi connectivity index (χ1n) is 7.82. The fraction of sp³-hybridized carbons (Fsp3) is 1.00. The van der Waals surface area contributed by atoms with Crippen LogP contribution in [0.25, 0.3) is 0 Å². The molecule has 2 bridgehead atoms. The predicted molar refractivity (Wildman–Crippen MR) is 73.7 cm³/mol. The fourth-order valence-electron chi connectivity index (χ4n) is 4.06. The summed E-state index contributed by atoms with van der Waals surface area (Å²) in [5.74, 6) is 0.948. The zero-order valence-corrected chi connectivity index (χ0v) is 11.7. The van der Waals surface area contributed by atoms with Crippen LogP contribution < -0.4 is 10.6 Å². The summed E-state index contributed by atoms with van der Waals surface area (Å²) in [4.78, 5) is 0. The molecular formula is C15H28N2O. The molecule has 3 heterocycles. The van der Waals surface area contributed by atoms with Crippen molar-refractivity contribution in [1.82, 2.24) is 10.6 Å². The van der Waals surface area contributed by atoms with Crippen LogP contribution in [-0.4, -0.2) is 37.4 Å². The minimum absolute atomic E-state index is 0.240. The maximum atomic E-state index is 5.60. The van der Waals surface area contributed by atoms with Crippen LogP contribution in [0.4, 0.5) is 0 Å². The first-order chi connectivity index (χ1) is 8.73. The first kappa shape index (κ1) is 12.9. The van der Waals surface area contributed by atoms with Crippen LogP contribution in [0.3, 0.4) is 0 Å². The summed E-state index contributed by atoms with van der Waals surface area (Å²) in [6, 6.07) is 1.67. The molecule has 3 heteroatoms. The normalized spacial score (nSPS) is 44.2. The lowest BCUT2D eigenvalue weighted by Gasteiger charge is -2.36. The number of hydrogen-bond donors (Lipinski definition) is 2. The van der Waals surface area contributed by atoms with Gasteiger partial charge in [-0.1, -0.05) is 0 Å². The largest absolute Gasteiger partial charge is 0.380 e. The van der Waals surface area contributed by atoms with Crippen molar-refractivity contribution in [2.45, 2.75) is 69.5 Å². The number of ether oxygens (including phenoxy) is 1. The minimum Gasteiger partial charge on any atom is -0.380 e. The summed E-state index contributed by atoms with van der Waals surface area (Å²) < 4.78 is 5.60. The van der Waals surface area contributed by atoms with Gasteiger partial charge < -0.3 is 15.4 Å². The third-order valence-electron chi connectivity index (χ3n) is 5.11. The third-order valence-corrected chi connectivity index (χ3v) is 5.11. The van der Waals surface area contributed by atoms with E-state index in [9.17, 15) is 0 Å². The topological polar surface area (TPSA) is 33.3 Å². The van der Waals surface area contributed by atoms with E-state index >= 15 is 0 Å². The third kappa shape index (κ3) is 3.06. The number of rotatable bonds is 4. The molecule has 0 aromatic heterocycles. The minimum atomic E-state index is 0.240. The van der Waals surface area contributed by atoms with Gasteiger partial charge in [-0.25, -0.2) is 0 Å². The lowest BCUT2D eigenvalue weighted by Crippen LogP contribution is -2.49. The molecule has 0 amide bonds. The molecule has 2 N–H and O–H groups in total. The maximum absolute atomic E-state index is 5.60. The highest BCUT2D eigenvalue weighted by atomic mass is 16.5. The van der Waals surface area contributed by atoms with E-state index in [-0.39, 0.29) is 5.54 Å². The summed E-state index contributed by atoms with van der Waals surface area (Å²) in [7, 11) is 0. The Bertz CT molecular complexity index is 264. The molecular weight excluding hydrogens is 224 g/mol. The molecule has 0 aliphatic carbocycles. The second kappa shape index (κ2) is 5.48. The Morgan fingerprint density at radius 3 is 2.72 bits per heavy atom. The molecule has 3 nitrogen and oxygen atoms in total. The van der Waals surface area contributed by atoms with Crippen molar-refractivity contribution in [1.29, 1.82) is 0 Å². The van der Waals surface area contributed by atoms with Crippen molar-refractivity contribution < 1.29 is 4.74 Å². The van der Waals surface area contributed by atoms with E-state index < -0.39 is 0 Å². The molecule has 3 unspecified atom stereocenters. The Kier molecular flexibility index (Phi) is 3.92. The molecule has 0 aromatic carbocycles. The molecule has 0 radical (unpaired) electrons. The Morgan fingerprint density at radius 2 is 2.06 bits per heavy atom. The summed E-state index contributed by atoms with van der Waals surface area (Å²) in [5, 5.41) is 7.48. The van der Waals surface area contributed by atoms with Crippen LogP contribution in [0.5, 0.6) is 0 Å².